The van der Waals surface area contributed by atoms with Gasteiger partial charge in [0.25, 0.3) is 0 Å². The first-order valence-electron chi connectivity index (χ1n) is 7.00. The molecule has 1 aromatic rings. The molecule has 0 bridgehead atoms. The van der Waals surface area contributed by atoms with Crippen molar-refractivity contribution in [3.63, 3.8) is 0 Å². The predicted molar refractivity (Wildman–Crippen MR) is 76.6 cm³/mol. The van der Waals surface area contributed by atoms with Gasteiger partial charge in [0.1, 0.15) is 12.4 Å². The van der Waals surface area contributed by atoms with Gasteiger partial charge in [-0.2, -0.15) is 0 Å². The lowest BCUT2D eigenvalue weighted by Gasteiger charge is -2.16. The van der Waals surface area contributed by atoms with Gasteiger partial charge in [0.2, 0.25) is 0 Å². The normalized spacial score (nSPS) is 19.6. The van der Waals surface area contributed by atoms with Gasteiger partial charge in [-0.15, -0.1) is 0 Å². The van der Waals surface area contributed by atoms with Crippen LogP contribution in [0, 0.1) is 5.92 Å². The standard InChI is InChI=1S/C14H22BNO3/c1-2-12-6-7-16(11-12)8-9-19-14-5-3-4-13(10-14)15(17)18/h3-5,10,12,17-18H,2,6-9,11H2,1H3. The molecule has 1 aromatic carbocycles. The van der Waals surface area contributed by atoms with Crippen LogP contribution >= 0.6 is 0 Å². The zero-order valence-electron chi connectivity index (χ0n) is 11.5. The van der Waals surface area contributed by atoms with Gasteiger partial charge in [-0.3, -0.25) is 4.90 Å². The van der Waals surface area contributed by atoms with Crippen LogP contribution in [0.1, 0.15) is 19.8 Å². The minimum atomic E-state index is -1.44. The maximum Gasteiger partial charge on any atom is 0.488 e. The summed E-state index contributed by atoms with van der Waals surface area (Å²) in [6, 6.07) is 6.95. The first-order valence-corrected chi connectivity index (χ1v) is 7.00. The Hall–Kier alpha value is -1.04. The summed E-state index contributed by atoms with van der Waals surface area (Å²) in [5.74, 6) is 1.53. The van der Waals surface area contributed by atoms with E-state index >= 15 is 0 Å². The van der Waals surface area contributed by atoms with Crippen molar-refractivity contribution in [2.24, 2.45) is 5.92 Å². The van der Waals surface area contributed by atoms with Crippen molar-refractivity contribution in [2.75, 3.05) is 26.2 Å². The molecule has 0 aliphatic carbocycles. The predicted octanol–water partition coefficient (Wildman–Crippen LogP) is 0.477. The third-order valence-corrected chi connectivity index (χ3v) is 3.78. The quantitative estimate of drug-likeness (QED) is 0.733. The Bertz CT molecular complexity index is 400. The Morgan fingerprint density at radius 3 is 2.95 bits per heavy atom. The third kappa shape index (κ3) is 4.23. The first kappa shape index (κ1) is 14.4. The topological polar surface area (TPSA) is 52.9 Å². The fourth-order valence-electron chi connectivity index (χ4n) is 2.51. The molecule has 5 heteroatoms. The number of hydrogen-bond donors (Lipinski definition) is 2. The van der Waals surface area contributed by atoms with Crippen molar-refractivity contribution in [1.82, 2.24) is 4.90 Å². The summed E-state index contributed by atoms with van der Waals surface area (Å²) in [6.45, 7) is 6.16. The number of hydrogen-bond acceptors (Lipinski definition) is 4. The summed E-state index contributed by atoms with van der Waals surface area (Å²) in [7, 11) is -1.44. The molecule has 19 heavy (non-hydrogen) atoms. The third-order valence-electron chi connectivity index (χ3n) is 3.78. The Balaban J connectivity index is 1.75. The number of benzene rings is 1. The fourth-order valence-corrected chi connectivity index (χ4v) is 2.51. The minimum Gasteiger partial charge on any atom is -0.492 e. The van der Waals surface area contributed by atoms with Gasteiger partial charge in [0, 0.05) is 13.1 Å². The van der Waals surface area contributed by atoms with E-state index in [0.717, 1.165) is 19.0 Å². The zero-order chi connectivity index (χ0) is 13.7. The molecule has 4 nitrogen and oxygen atoms in total. The molecule has 0 aromatic heterocycles. The zero-order valence-corrected chi connectivity index (χ0v) is 11.5. The van der Waals surface area contributed by atoms with Crippen LogP contribution in [0.25, 0.3) is 0 Å². The minimum absolute atomic E-state index is 0.463. The van der Waals surface area contributed by atoms with E-state index in [2.05, 4.69) is 11.8 Å². The Kier molecular flexibility index (Phi) is 5.25. The molecular formula is C14H22BNO3. The van der Waals surface area contributed by atoms with Crippen LogP contribution in [0.3, 0.4) is 0 Å². The lowest BCUT2D eigenvalue weighted by atomic mass is 9.80. The van der Waals surface area contributed by atoms with Crippen LogP contribution in [-0.4, -0.2) is 48.3 Å². The highest BCUT2D eigenvalue weighted by atomic mass is 16.5. The largest absolute Gasteiger partial charge is 0.492 e. The highest BCUT2D eigenvalue weighted by molar-refractivity contribution is 6.58. The Labute approximate surface area is 115 Å². The highest BCUT2D eigenvalue weighted by Gasteiger charge is 2.20. The second kappa shape index (κ2) is 6.94. The van der Waals surface area contributed by atoms with Crippen molar-refractivity contribution < 1.29 is 14.8 Å². The van der Waals surface area contributed by atoms with Gasteiger partial charge in [-0.1, -0.05) is 25.5 Å². The molecule has 1 aliphatic rings. The highest BCUT2D eigenvalue weighted by Crippen LogP contribution is 2.18. The van der Waals surface area contributed by atoms with Crippen molar-refractivity contribution in [3.05, 3.63) is 24.3 Å². The molecule has 2 rings (SSSR count). The molecule has 1 atom stereocenters. The maximum atomic E-state index is 9.09. The molecule has 1 saturated heterocycles. The van der Waals surface area contributed by atoms with Gasteiger partial charge < -0.3 is 14.8 Å². The Morgan fingerprint density at radius 2 is 2.26 bits per heavy atom. The molecule has 1 fully saturated rings. The van der Waals surface area contributed by atoms with Crippen molar-refractivity contribution in [1.29, 1.82) is 0 Å². The summed E-state index contributed by atoms with van der Waals surface area (Å²) in [6.07, 6.45) is 2.55. The van der Waals surface area contributed by atoms with Gasteiger partial charge in [-0.05, 0) is 36.5 Å². The summed E-state index contributed by atoms with van der Waals surface area (Å²) in [4.78, 5) is 2.43. The number of ether oxygens (including phenoxy) is 1. The van der Waals surface area contributed by atoms with E-state index in [-0.39, 0.29) is 0 Å². The molecule has 1 unspecified atom stereocenters. The summed E-state index contributed by atoms with van der Waals surface area (Å²) >= 11 is 0. The molecule has 104 valence electrons. The van der Waals surface area contributed by atoms with Crippen LogP contribution in [-0.2, 0) is 0 Å². The van der Waals surface area contributed by atoms with Gasteiger partial charge in [0.05, 0.1) is 0 Å². The SMILES string of the molecule is CCC1CCN(CCOc2cccc(B(O)O)c2)C1. The Morgan fingerprint density at radius 1 is 1.42 bits per heavy atom. The smallest absolute Gasteiger partial charge is 0.488 e. The van der Waals surface area contributed by atoms with Crippen LogP contribution in [0.2, 0.25) is 0 Å². The molecule has 0 spiro atoms. The second-order valence-electron chi connectivity index (χ2n) is 5.16. The van der Waals surface area contributed by atoms with Crippen LogP contribution in [0.4, 0.5) is 0 Å². The fraction of sp³-hybridized carbons (Fsp3) is 0.571. The summed E-state index contributed by atoms with van der Waals surface area (Å²) in [5.41, 5.74) is 0.463. The van der Waals surface area contributed by atoms with Gasteiger partial charge >= 0.3 is 7.12 Å². The molecule has 1 aliphatic heterocycles. The summed E-state index contributed by atoms with van der Waals surface area (Å²) < 4.78 is 5.66. The second-order valence-corrected chi connectivity index (χ2v) is 5.16. The first-order chi connectivity index (χ1) is 9.19. The molecule has 2 N–H and O–H groups in total. The van der Waals surface area contributed by atoms with Crippen LogP contribution < -0.4 is 10.2 Å². The van der Waals surface area contributed by atoms with E-state index in [1.165, 1.54) is 19.4 Å². The lowest BCUT2D eigenvalue weighted by Crippen LogP contribution is -2.30. The number of likely N-dealkylation sites (tertiary alicyclic amines) is 1. The van der Waals surface area contributed by atoms with Crippen LogP contribution in [0.5, 0.6) is 5.75 Å². The molecule has 1 heterocycles. The van der Waals surface area contributed by atoms with E-state index in [4.69, 9.17) is 14.8 Å². The number of rotatable bonds is 6. The van der Waals surface area contributed by atoms with Gasteiger partial charge in [0.15, 0.2) is 0 Å². The molecular weight excluding hydrogens is 241 g/mol. The summed E-state index contributed by atoms with van der Waals surface area (Å²) in [5, 5.41) is 18.2. The van der Waals surface area contributed by atoms with Gasteiger partial charge in [-0.25, -0.2) is 0 Å². The molecule has 0 radical (unpaired) electrons. The maximum absolute atomic E-state index is 9.09. The number of nitrogens with zero attached hydrogens (tertiary/aromatic N) is 1. The van der Waals surface area contributed by atoms with Crippen molar-refractivity contribution in [2.45, 2.75) is 19.8 Å². The molecule has 0 saturated carbocycles. The average Bonchev–Trinajstić information content (AvgIpc) is 2.87. The lowest BCUT2D eigenvalue weighted by molar-refractivity contribution is 0.232. The van der Waals surface area contributed by atoms with Crippen molar-refractivity contribution >= 4 is 12.6 Å². The molecule has 0 amide bonds. The van der Waals surface area contributed by atoms with Crippen molar-refractivity contribution in [3.8, 4) is 5.75 Å². The van der Waals surface area contributed by atoms with E-state index < -0.39 is 7.12 Å². The van der Waals surface area contributed by atoms with E-state index in [0.29, 0.717) is 17.8 Å². The monoisotopic (exact) mass is 263 g/mol. The van der Waals surface area contributed by atoms with E-state index in [9.17, 15) is 0 Å². The van der Waals surface area contributed by atoms with E-state index in [1.54, 1.807) is 18.2 Å². The van der Waals surface area contributed by atoms with Crippen LogP contribution in [0.15, 0.2) is 24.3 Å². The van der Waals surface area contributed by atoms with E-state index in [1.807, 2.05) is 6.07 Å². The average molecular weight is 263 g/mol.